The maximum Gasteiger partial charge on any atom is 0.255 e. The molecule has 1 fully saturated rings. The van der Waals surface area contributed by atoms with E-state index in [1.54, 1.807) is 35.1 Å². The van der Waals surface area contributed by atoms with E-state index in [4.69, 9.17) is 5.73 Å². The molecule has 0 radical (unpaired) electrons. The van der Waals surface area contributed by atoms with Gasteiger partial charge in [0.1, 0.15) is 0 Å². The van der Waals surface area contributed by atoms with Gasteiger partial charge < -0.3 is 16.4 Å². The van der Waals surface area contributed by atoms with Crippen LogP contribution in [0.2, 0.25) is 0 Å². The third-order valence-corrected chi connectivity index (χ3v) is 5.11. The van der Waals surface area contributed by atoms with Crippen molar-refractivity contribution in [1.82, 2.24) is 15.1 Å². The first kappa shape index (κ1) is 19.7. The predicted molar refractivity (Wildman–Crippen MR) is 116 cm³/mol. The van der Waals surface area contributed by atoms with Gasteiger partial charge in [-0.25, -0.2) is 0 Å². The van der Waals surface area contributed by atoms with E-state index in [-0.39, 0.29) is 11.8 Å². The fourth-order valence-electron chi connectivity index (χ4n) is 3.17. The Morgan fingerprint density at radius 2 is 1.83 bits per heavy atom. The Morgan fingerprint density at radius 3 is 2.57 bits per heavy atom. The number of nitrogens with zero attached hydrogens (tertiary/aromatic N) is 2. The molecule has 1 aliphatic carbocycles. The quantitative estimate of drug-likeness (QED) is 0.503. The Labute approximate surface area is 175 Å². The molecule has 0 unspecified atom stereocenters. The summed E-state index contributed by atoms with van der Waals surface area (Å²) in [4.78, 5) is 24.4. The lowest BCUT2D eigenvalue weighted by molar-refractivity contribution is -0.120. The number of carbonyl (C=O) groups is 2. The van der Waals surface area contributed by atoms with Crippen molar-refractivity contribution in [3.05, 3.63) is 77.6 Å². The van der Waals surface area contributed by atoms with Crippen molar-refractivity contribution in [1.29, 1.82) is 0 Å². The summed E-state index contributed by atoms with van der Waals surface area (Å²) in [6, 6.07) is 14.5. The summed E-state index contributed by atoms with van der Waals surface area (Å²) in [6.07, 6.45) is 6.39. The molecular weight excluding hydrogens is 378 g/mol. The van der Waals surface area contributed by atoms with Gasteiger partial charge in [0.15, 0.2) is 0 Å². The number of nitrogens with one attached hydrogen (secondary N) is 2. The van der Waals surface area contributed by atoms with Gasteiger partial charge >= 0.3 is 0 Å². The Balaban J connectivity index is 1.31. The maximum absolute atomic E-state index is 12.4. The standard InChI is InChI=1S/C23H25N5O2/c24-20-3-1-2-4-21(20)27-23(30)19-9-7-17(8-10-19)14-28-15-18(13-26-28)11-22(29)25-12-16-5-6-16/h1-4,7-10,13,15-16H,5-6,11-12,14,24H2,(H,25,29)(H,27,30). The lowest BCUT2D eigenvalue weighted by atomic mass is 10.1. The van der Waals surface area contributed by atoms with E-state index in [1.807, 2.05) is 30.5 Å². The predicted octanol–water partition coefficient (Wildman–Crippen LogP) is 2.83. The van der Waals surface area contributed by atoms with Crippen molar-refractivity contribution < 1.29 is 9.59 Å². The zero-order chi connectivity index (χ0) is 20.9. The van der Waals surface area contributed by atoms with Crippen LogP contribution in [0.3, 0.4) is 0 Å². The number of aromatic nitrogens is 2. The second-order valence-electron chi connectivity index (χ2n) is 7.71. The summed E-state index contributed by atoms with van der Waals surface area (Å²) in [5.41, 5.74) is 9.45. The fraction of sp³-hybridized carbons (Fsp3) is 0.261. The van der Waals surface area contributed by atoms with E-state index in [0.717, 1.165) is 17.7 Å². The number of hydrogen-bond donors (Lipinski definition) is 3. The van der Waals surface area contributed by atoms with E-state index >= 15 is 0 Å². The number of hydrogen-bond acceptors (Lipinski definition) is 4. The molecule has 0 bridgehead atoms. The minimum absolute atomic E-state index is 0.0378. The van der Waals surface area contributed by atoms with Crippen molar-refractivity contribution in [3.8, 4) is 0 Å². The summed E-state index contributed by atoms with van der Waals surface area (Å²) >= 11 is 0. The van der Waals surface area contributed by atoms with Gasteiger partial charge in [0.25, 0.3) is 5.91 Å². The first-order chi connectivity index (χ1) is 14.6. The average molecular weight is 403 g/mol. The van der Waals surface area contributed by atoms with Crippen LogP contribution in [-0.4, -0.2) is 28.1 Å². The highest BCUT2D eigenvalue weighted by molar-refractivity contribution is 6.05. The largest absolute Gasteiger partial charge is 0.397 e. The van der Waals surface area contributed by atoms with Crippen LogP contribution in [0.5, 0.6) is 0 Å². The minimum atomic E-state index is -0.210. The summed E-state index contributed by atoms with van der Waals surface area (Å²) in [6.45, 7) is 1.35. The number of para-hydroxylation sites is 2. The number of rotatable bonds is 8. The number of benzene rings is 2. The fourth-order valence-corrected chi connectivity index (χ4v) is 3.17. The summed E-state index contributed by atoms with van der Waals surface area (Å²) in [5.74, 6) is 0.501. The van der Waals surface area contributed by atoms with E-state index in [1.165, 1.54) is 12.8 Å². The molecule has 7 heteroatoms. The lowest BCUT2D eigenvalue weighted by Crippen LogP contribution is -2.26. The Hall–Kier alpha value is -3.61. The van der Waals surface area contributed by atoms with E-state index in [0.29, 0.717) is 35.8 Å². The van der Waals surface area contributed by atoms with E-state index < -0.39 is 0 Å². The van der Waals surface area contributed by atoms with Crippen molar-refractivity contribution >= 4 is 23.2 Å². The summed E-state index contributed by atoms with van der Waals surface area (Å²) in [7, 11) is 0. The van der Waals surface area contributed by atoms with Crippen molar-refractivity contribution in [2.75, 3.05) is 17.6 Å². The zero-order valence-electron chi connectivity index (χ0n) is 16.7. The van der Waals surface area contributed by atoms with Crippen LogP contribution in [0, 0.1) is 5.92 Å². The molecule has 1 saturated carbocycles. The van der Waals surface area contributed by atoms with Gasteiger partial charge in [0.2, 0.25) is 5.91 Å². The van der Waals surface area contributed by atoms with Gasteiger partial charge in [-0.2, -0.15) is 5.10 Å². The summed E-state index contributed by atoms with van der Waals surface area (Å²) in [5, 5.41) is 10.1. The number of amides is 2. The van der Waals surface area contributed by atoms with Crippen LogP contribution in [-0.2, 0) is 17.8 Å². The van der Waals surface area contributed by atoms with Crippen molar-refractivity contribution in [2.24, 2.45) is 5.92 Å². The van der Waals surface area contributed by atoms with Crippen LogP contribution in [0.15, 0.2) is 60.9 Å². The normalized spacial score (nSPS) is 13.1. The van der Waals surface area contributed by atoms with Gasteiger partial charge in [-0.05, 0) is 54.2 Å². The monoisotopic (exact) mass is 403 g/mol. The molecule has 30 heavy (non-hydrogen) atoms. The molecule has 1 aliphatic rings. The molecule has 1 heterocycles. The molecule has 154 valence electrons. The molecule has 0 saturated heterocycles. The highest BCUT2D eigenvalue weighted by atomic mass is 16.2. The van der Waals surface area contributed by atoms with Crippen LogP contribution in [0.25, 0.3) is 0 Å². The first-order valence-electron chi connectivity index (χ1n) is 10.1. The maximum atomic E-state index is 12.4. The second kappa shape index (κ2) is 8.82. The molecule has 4 rings (SSSR count). The van der Waals surface area contributed by atoms with Gasteiger partial charge in [0.05, 0.1) is 30.5 Å². The Morgan fingerprint density at radius 1 is 1.07 bits per heavy atom. The Kier molecular flexibility index (Phi) is 5.79. The molecule has 3 aromatic rings. The molecule has 4 N–H and O–H groups in total. The lowest BCUT2D eigenvalue weighted by Gasteiger charge is -2.08. The van der Waals surface area contributed by atoms with Crippen LogP contribution >= 0.6 is 0 Å². The molecular formula is C23H25N5O2. The average Bonchev–Trinajstić information content (AvgIpc) is 3.48. The Bertz CT molecular complexity index is 1040. The number of nitrogen functional groups attached to an aromatic ring is 1. The zero-order valence-corrected chi connectivity index (χ0v) is 16.7. The summed E-state index contributed by atoms with van der Waals surface area (Å²) < 4.78 is 1.79. The third kappa shape index (κ3) is 5.26. The number of carbonyl (C=O) groups excluding carboxylic acids is 2. The topological polar surface area (TPSA) is 102 Å². The van der Waals surface area contributed by atoms with Gasteiger partial charge in [0, 0.05) is 18.3 Å². The molecule has 2 aromatic carbocycles. The van der Waals surface area contributed by atoms with Crippen LogP contribution in [0.4, 0.5) is 11.4 Å². The van der Waals surface area contributed by atoms with E-state index in [2.05, 4.69) is 15.7 Å². The second-order valence-corrected chi connectivity index (χ2v) is 7.71. The number of anilines is 2. The number of nitrogens with two attached hydrogens (primary N) is 1. The van der Waals surface area contributed by atoms with Gasteiger partial charge in [-0.15, -0.1) is 0 Å². The first-order valence-corrected chi connectivity index (χ1v) is 10.1. The molecule has 0 spiro atoms. The van der Waals surface area contributed by atoms with Crippen molar-refractivity contribution in [2.45, 2.75) is 25.8 Å². The van der Waals surface area contributed by atoms with Gasteiger partial charge in [-0.3, -0.25) is 14.3 Å². The molecule has 0 atom stereocenters. The SMILES string of the molecule is Nc1ccccc1NC(=O)c1ccc(Cn2cc(CC(=O)NCC3CC3)cn2)cc1. The minimum Gasteiger partial charge on any atom is -0.397 e. The molecule has 0 aliphatic heterocycles. The van der Waals surface area contributed by atoms with Gasteiger partial charge in [-0.1, -0.05) is 24.3 Å². The molecule has 1 aromatic heterocycles. The highest BCUT2D eigenvalue weighted by Gasteiger charge is 2.21. The molecule has 7 nitrogen and oxygen atoms in total. The third-order valence-electron chi connectivity index (χ3n) is 5.11. The van der Waals surface area contributed by atoms with Crippen LogP contribution < -0.4 is 16.4 Å². The molecule has 2 amide bonds. The highest BCUT2D eigenvalue weighted by Crippen LogP contribution is 2.27. The smallest absolute Gasteiger partial charge is 0.255 e. The van der Waals surface area contributed by atoms with E-state index in [9.17, 15) is 9.59 Å². The van der Waals surface area contributed by atoms with Crippen molar-refractivity contribution in [3.63, 3.8) is 0 Å². The van der Waals surface area contributed by atoms with Crippen LogP contribution in [0.1, 0.15) is 34.3 Å².